The van der Waals surface area contributed by atoms with Crippen LogP contribution in [0.25, 0.3) is 11.3 Å². The van der Waals surface area contributed by atoms with Crippen LogP contribution in [0.3, 0.4) is 0 Å². The van der Waals surface area contributed by atoms with Gasteiger partial charge in [0.05, 0.1) is 5.69 Å². The molecule has 0 N–H and O–H groups in total. The van der Waals surface area contributed by atoms with Crippen LogP contribution in [0, 0.1) is 9.77 Å². The predicted molar refractivity (Wildman–Crippen MR) is 118 cm³/mol. The van der Waals surface area contributed by atoms with E-state index in [1.807, 2.05) is 29.8 Å². The van der Waals surface area contributed by atoms with Crippen molar-refractivity contribution in [3.63, 3.8) is 0 Å². The molecule has 0 atom stereocenters. The fourth-order valence-electron chi connectivity index (χ4n) is 3.00. The smallest absolute Gasteiger partial charge is 0.161 e. The highest BCUT2D eigenvalue weighted by Crippen LogP contribution is 2.29. The van der Waals surface area contributed by atoms with Gasteiger partial charge in [0.1, 0.15) is 5.82 Å². The first kappa shape index (κ1) is 21.8. The molecular weight excluding hydrogens is 399 g/mol. The second kappa shape index (κ2) is 10.1. The van der Waals surface area contributed by atoms with Gasteiger partial charge in [0.15, 0.2) is 3.95 Å². The molecule has 144 valence electrons. The summed E-state index contributed by atoms with van der Waals surface area (Å²) in [6, 6.07) is 17.2. The lowest BCUT2D eigenvalue weighted by molar-refractivity contribution is 0.343. The molecule has 0 saturated heterocycles. The zero-order valence-corrected chi connectivity index (χ0v) is 18.0. The summed E-state index contributed by atoms with van der Waals surface area (Å²) in [6.07, 6.45) is 1.99. The molecular formula is C21H24ClFN2S2. The number of aromatic nitrogens is 1. The molecule has 1 aromatic heterocycles. The van der Waals surface area contributed by atoms with Gasteiger partial charge >= 0.3 is 0 Å². The Bertz CT molecular complexity index is 904. The van der Waals surface area contributed by atoms with Crippen molar-refractivity contribution in [2.24, 2.45) is 7.05 Å². The minimum absolute atomic E-state index is 0. The maximum atomic E-state index is 13.3. The molecule has 27 heavy (non-hydrogen) atoms. The fourth-order valence-corrected chi connectivity index (χ4v) is 4.38. The minimum atomic E-state index is -0.215. The zero-order valence-electron chi connectivity index (χ0n) is 15.5. The standard InChI is InChI=1S/C21H23FN2S2.ClH/c1-23(14-12-16-6-4-3-5-7-16)15-13-19-20(24(2)21(25)26-19)17-8-10-18(22)11-9-17;/h3-11H,12-15H2,1-2H3;1H. The van der Waals surface area contributed by atoms with Crippen molar-refractivity contribution in [2.75, 3.05) is 20.1 Å². The van der Waals surface area contributed by atoms with Gasteiger partial charge in [-0.1, -0.05) is 30.3 Å². The Morgan fingerprint density at radius 1 is 1.00 bits per heavy atom. The van der Waals surface area contributed by atoms with Crippen molar-refractivity contribution in [1.29, 1.82) is 0 Å². The zero-order chi connectivity index (χ0) is 18.5. The van der Waals surface area contributed by atoms with Crippen molar-refractivity contribution in [3.05, 3.63) is 74.8 Å². The summed E-state index contributed by atoms with van der Waals surface area (Å²) in [5.74, 6) is -0.215. The average molecular weight is 423 g/mol. The molecule has 0 radical (unpaired) electrons. The van der Waals surface area contributed by atoms with E-state index in [1.165, 1.54) is 22.6 Å². The van der Waals surface area contributed by atoms with Crippen LogP contribution in [-0.4, -0.2) is 29.6 Å². The van der Waals surface area contributed by atoms with E-state index in [4.69, 9.17) is 12.2 Å². The quantitative estimate of drug-likeness (QED) is 0.447. The summed E-state index contributed by atoms with van der Waals surface area (Å²) in [5.41, 5.74) is 3.49. The number of thiazole rings is 1. The number of nitrogens with zero attached hydrogens (tertiary/aromatic N) is 2. The maximum absolute atomic E-state index is 13.3. The van der Waals surface area contributed by atoms with Gasteiger partial charge in [0.25, 0.3) is 0 Å². The highest BCUT2D eigenvalue weighted by Gasteiger charge is 2.13. The van der Waals surface area contributed by atoms with Gasteiger partial charge in [-0.05, 0) is 67.5 Å². The Kier molecular flexibility index (Phi) is 8.17. The van der Waals surface area contributed by atoms with E-state index in [0.717, 1.165) is 41.1 Å². The normalized spacial score (nSPS) is 10.8. The number of hydrogen-bond donors (Lipinski definition) is 0. The van der Waals surface area contributed by atoms with Crippen molar-refractivity contribution in [2.45, 2.75) is 12.8 Å². The molecule has 0 aliphatic heterocycles. The predicted octanol–water partition coefficient (Wildman–Crippen LogP) is 5.76. The molecule has 0 saturated carbocycles. The van der Waals surface area contributed by atoms with E-state index in [1.54, 1.807) is 11.3 Å². The van der Waals surface area contributed by atoms with Gasteiger partial charge in [-0.15, -0.1) is 23.7 Å². The summed E-state index contributed by atoms with van der Waals surface area (Å²) in [5, 5.41) is 0. The summed E-state index contributed by atoms with van der Waals surface area (Å²) in [7, 11) is 4.14. The maximum Gasteiger partial charge on any atom is 0.161 e. The molecule has 0 amide bonds. The molecule has 0 bridgehead atoms. The highest BCUT2D eigenvalue weighted by molar-refractivity contribution is 7.73. The SMILES string of the molecule is CN(CCc1ccccc1)CCc1sc(=S)n(C)c1-c1ccc(F)cc1.Cl. The van der Waals surface area contributed by atoms with E-state index in [0.29, 0.717) is 0 Å². The number of halogens is 2. The monoisotopic (exact) mass is 422 g/mol. The fraction of sp³-hybridized carbons (Fsp3) is 0.286. The van der Waals surface area contributed by atoms with E-state index in [9.17, 15) is 4.39 Å². The average Bonchev–Trinajstić information content (AvgIpc) is 2.94. The van der Waals surface area contributed by atoms with Crippen LogP contribution in [0.1, 0.15) is 10.4 Å². The molecule has 3 rings (SSSR count). The number of likely N-dealkylation sites (N-methyl/N-ethyl adjacent to an activating group) is 1. The highest BCUT2D eigenvalue weighted by atomic mass is 35.5. The summed E-state index contributed by atoms with van der Waals surface area (Å²) in [4.78, 5) is 3.61. The third-order valence-electron chi connectivity index (χ3n) is 4.55. The third kappa shape index (κ3) is 5.72. The van der Waals surface area contributed by atoms with Gasteiger partial charge in [-0.3, -0.25) is 0 Å². The lowest BCUT2D eigenvalue weighted by Gasteiger charge is -2.16. The van der Waals surface area contributed by atoms with Crippen LogP contribution < -0.4 is 0 Å². The molecule has 3 aromatic rings. The summed E-state index contributed by atoms with van der Waals surface area (Å²) < 4.78 is 16.1. The van der Waals surface area contributed by atoms with Crippen molar-refractivity contribution in [1.82, 2.24) is 9.47 Å². The Morgan fingerprint density at radius 2 is 1.63 bits per heavy atom. The van der Waals surface area contributed by atoms with E-state index in [2.05, 4.69) is 36.2 Å². The molecule has 6 heteroatoms. The van der Waals surface area contributed by atoms with E-state index < -0.39 is 0 Å². The Morgan fingerprint density at radius 3 is 2.30 bits per heavy atom. The first-order chi connectivity index (χ1) is 12.5. The minimum Gasteiger partial charge on any atom is -0.326 e. The van der Waals surface area contributed by atoms with E-state index in [-0.39, 0.29) is 18.2 Å². The van der Waals surface area contributed by atoms with Crippen LogP contribution >= 0.6 is 36.0 Å². The van der Waals surface area contributed by atoms with Gasteiger partial charge in [-0.2, -0.15) is 0 Å². The third-order valence-corrected chi connectivity index (χ3v) is 6.16. The largest absolute Gasteiger partial charge is 0.326 e. The van der Waals surface area contributed by atoms with Gasteiger partial charge in [-0.25, -0.2) is 4.39 Å². The van der Waals surface area contributed by atoms with Gasteiger partial charge in [0, 0.05) is 25.0 Å². The molecule has 2 nitrogen and oxygen atoms in total. The topological polar surface area (TPSA) is 8.17 Å². The number of rotatable bonds is 7. The molecule has 1 heterocycles. The lowest BCUT2D eigenvalue weighted by atomic mass is 10.1. The second-order valence-electron chi connectivity index (χ2n) is 6.49. The number of hydrogen-bond acceptors (Lipinski definition) is 3. The Hall–Kier alpha value is -1.53. The molecule has 0 aliphatic rings. The van der Waals surface area contributed by atoms with Crippen LogP contribution in [-0.2, 0) is 19.9 Å². The summed E-state index contributed by atoms with van der Waals surface area (Å²) in [6.45, 7) is 1.99. The molecule has 2 aromatic carbocycles. The lowest BCUT2D eigenvalue weighted by Crippen LogP contribution is -2.23. The van der Waals surface area contributed by atoms with E-state index >= 15 is 0 Å². The first-order valence-electron chi connectivity index (χ1n) is 8.71. The van der Waals surface area contributed by atoms with Crippen LogP contribution in [0.15, 0.2) is 54.6 Å². The second-order valence-corrected chi connectivity index (χ2v) is 8.22. The van der Waals surface area contributed by atoms with Gasteiger partial charge in [0.2, 0.25) is 0 Å². The molecule has 0 unspecified atom stereocenters. The van der Waals surface area contributed by atoms with Crippen LogP contribution in [0.2, 0.25) is 0 Å². The summed E-state index contributed by atoms with van der Waals surface area (Å²) >= 11 is 7.13. The first-order valence-corrected chi connectivity index (χ1v) is 9.94. The Balaban J connectivity index is 0.00000261. The van der Waals surface area contributed by atoms with Crippen LogP contribution in [0.5, 0.6) is 0 Å². The van der Waals surface area contributed by atoms with Crippen molar-refractivity contribution >= 4 is 36.0 Å². The Labute approximate surface area is 175 Å². The van der Waals surface area contributed by atoms with Gasteiger partial charge < -0.3 is 9.47 Å². The number of benzene rings is 2. The molecule has 0 fully saturated rings. The molecule has 0 spiro atoms. The molecule has 0 aliphatic carbocycles. The van der Waals surface area contributed by atoms with Crippen LogP contribution in [0.4, 0.5) is 4.39 Å². The van der Waals surface area contributed by atoms with Crippen molar-refractivity contribution in [3.8, 4) is 11.3 Å². The van der Waals surface area contributed by atoms with Crippen molar-refractivity contribution < 1.29 is 4.39 Å².